The fourth-order valence-corrected chi connectivity index (χ4v) is 7.98. The van der Waals surface area contributed by atoms with Gasteiger partial charge in [0.1, 0.15) is 19.6 Å². The Morgan fingerprint density at radius 3 is 1.47 bits per heavy atom. The Labute approximate surface area is 359 Å². The van der Waals surface area contributed by atoms with Crippen molar-refractivity contribution in [1.82, 2.24) is 0 Å². The number of imide groups is 1. The number of carbonyl (C=O) groups excluding carboxylic acids is 3. The molecule has 0 saturated carbocycles. The molecule has 1 heterocycles. The molecule has 0 aliphatic carbocycles. The van der Waals surface area contributed by atoms with Crippen molar-refractivity contribution in [2.24, 2.45) is 4.99 Å². The molecule has 0 bridgehead atoms. The van der Waals surface area contributed by atoms with Crippen molar-refractivity contribution < 1.29 is 76.2 Å². The van der Waals surface area contributed by atoms with Crippen molar-refractivity contribution in [2.45, 2.75) is 33.4 Å². The van der Waals surface area contributed by atoms with Crippen molar-refractivity contribution in [3.8, 4) is 0 Å². The van der Waals surface area contributed by atoms with E-state index in [0.29, 0.717) is 0 Å². The number of amides is 3. The average molecular weight is 950 g/mol. The van der Waals surface area contributed by atoms with E-state index in [2.05, 4.69) is 27.7 Å². The van der Waals surface area contributed by atoms with E-state index >= 15 is 0 Å². The van der Waals surface area contributed by atoms with Crippen LogP contribution in [0.15, 0.2) is 116 Å². The van der Waals surface area contributed by atoms with Crippen LogP contribution in [-0.2, 0) is 59.7 Å². The number of hydrogen-bond acceptors (Lipinski definition) is 14. The number of isothiocyanates is 1. The number of anilines is 2. The predicted octanol–water partition coefficient (Wildman–Crippen LogP) is 4.91. The standard InChI is InChI=1S/C18H13NO8S2.C17H14N2O7S3.C2H4O2/c20-17-9-10-18(21)19(17)14-8-7-13(16(11-14)29(25,26)27)6-5-12-3-1-2-4-15(12)28(22,23)24;1-11(20)19-15-7-5-13(17(9-15)29(24,25)26)3-2-12-4-6-14(18-10-27)8-16(12)28(21,22)23;1-2(3)4/h1-11H,(H,22,23,24)(H,25,26,27);2-9H,1H3,(H,19,20)(H,21,22,23)(H,24,25,26);1H3,(H,3,4). The first-order valence-corrected chi connectivity index (χ1v) is 22.7. The van der Waals surface area contributed by atoms with Crippen LogP contribution in [0.1, 0.15) is 36.1 Å². The second-order valence-corrected chi connectivity index (χ2v) is 17.8. The number of hydrogen-bond donors (Lipinski definition) is 6. The van der Waals surface area contributed by atoms with E-state index in [4.69, 9.17) is 9.90 Å². The van der Waals surface area contributed by atoms with Gasteiger partial charge >= 0.3 is 0 Å². The maximum Gasteiger partial charge on any atom is 0.300 e. The van der Waals surface area contributed by atoms with Crippen LogP contribution < -0.4 is 10.2 Å². The largest absolute Gasteiger partial charge is 0.481 e. The summed E-state index contributed by atoms with van der Waals surface area (Å²) in [6, 6.07) is 16.5. The van der Waals surface area contributed by atoms with E-state index in [0.717, 1.165) is 42.2 Å². The van der Waals surface area contributed by atoms with Crippen molar-refractivity contribution >= 4 is 123 Å². The van der Waals surface area contributed by atoms with Gasteiger partial charge in [0, 0.05) is 31.7 Å². The van der Waals surface area contributed by atoms with E-state index in [1.807, 2.05) is 0 Å². The molecule has 1 aliphatic heterocycles. The monoisotopic (exact) mass is 949 g/mol. The number of aliphatic carboxylic acids is 1. The highest BCUT2D eigenvalue weighted by atomic mass is 32.2. The Kier molecular flexibility index (Phi) is 16.5. The number of thiocarbonyl (C=S) groups is 1. The number of carbonyl (C=O) groups is 4. The molecule has 326 valence electrons. The number of nitrogens with zero attached hydrogens (tertiary/aromatic N) is 2. The molecule has 4 aromatic rings. The molecule has 1 aliphatic rings. The van der Waals surface area contributed by atoms with Gasteiger partial charge in [-0.2, -0.15) is 38.7 Å². The van der Waals surface area contributed by atoms with Gasteiger partial charge in [0.25, 0.3) is 58.3 Å². The van der Waals surface area contributed by atoms with E-state index < -0.39 is 78.8 Å². The summed E-state index contributed by atoms with van der Waals surface area (Å²) in [7, 11) is -18.5. The molecule has 3 amide bonds. The van der Waals surface area contributed by atoms with Gasteiger partial charge in [-0.15, -0.1) is 0 Å². The number of carboxylic acids is 1. The maximum absolute atomic E-state index is 11.8. The number of nitrogens with one attached hydrogen (secondary N) is 1. The first-order valence-electron chi connectivity index (χ1n) is 16.5. The molecule has 5 rings (SSSR count). The number of aliphatic imine (C=N–C) groups is 1. The van der Waals surface area contributed by atoms with Crippen molar-refractivity contribution in [3.05, 3.63) is 113 Å². The minimum atomic E-state index is -4.75. The molecular weight excluding hydrogens is 919 g/mol. The van der Waals surface area contributed by atoms with Crippen LogP contribution in [-0.4, -0.2) is 85.8 Å². The fraction of sp³-hybridized carbons (Fsp3) is 0.0541. The van der Waals surface area contributed by atoms with Gasteiger partial charge in [0.05, 0.1) is 16.5 Å². The van der Waals surface area contributed by atoms with Crippen LogP contribution in [0.2, 0.25) is 0 Å². The lowest BCUT2D eigenvalue weighted by Gasteiger charge is -2.15. The SMILES string of the molecule is CC(=O)Nc1ccc(C=Cc2ccc(N=C=S)cc2S(=O)(=O)O)c(S(=O)(=O)O)c1.CC(=O)O.O=C1C=CC(=O)N1c1ccc(C=Cc2ccccc2S(=O)(=O)O)c(S(=O)(=O)O)c1. The lowest BCUT2D eigenvalue weighted by atomic mass is 10.1. The molecule has 0 fully saturated rings. The molecule has 0 unspecified atom stereocenters. The molecule has 0 saturated heterocycles. The highest BCUT2D eigenvalue weighted by Gasteiger charge is 2.27. The van der Waals surface area contributed by atoms with Gasteiger partial charge in [-0.05, 0) is 76.9 Å². The number of rotatable bonds is 11. The highest BCUT2D eigenvalue weighted by Crippen LogP contribution is 2.29. The number of benzene rings is 4. The lowest BCUT2D eigenvalue weighted by molar-refractivity contribution is -0.134. The average Bonchev–Trinajstić information content (AvgIpc) is 3.49. The van der Waals surface area contributed by atoms with Crippen LogP contribution >= 0.6 is 12.2 Å². The molecular formula is C37H31N3O17S5. The molecule has 20 nitrogen and oxygen atoms in total. The summed E-state index contributed by atoms with van der Waals surface area (Å²) in [4.78, 5) is 46.1. The lowest BCUT2D eigenvalue weighted by Crippen LogP contribution is -2.29. The summed E-state index contributed by atoms with van der Waals surface area (Å²) in [5, 5.41) is 11.9. The summed E-state index contributed by atoms with van der Waals surface area (Å²) in [6.45, 7) is 2.31. The van der Waals surface area contributed by atoms with E-state index in [9.17, 15) is 66.3 Å². The Balaban J connectivity index is 0.000000304. The van der Waals surface area contributed by atoms with Crippen LogP contribution in [0.4, 0.5) is 17.1 Å². The smallest absolute Gasteiger partial charge is 0.300 e. The molecule has 62 heavy (non-hydrogen) atoms. The van der Waals surface area contributed by atoms with Gasteiger partial charge in [0.15, 0.2) is 0 Å². The van der Waals surface area contributed by atoms with E-state index in [1.54, 1.807) is 0 Å². The van der Waals surface area contributed by atoms with Crippen molar-refractivity contribution in [3.63, 3.8) is 0 Å². The van der Waals surface area contributed by atoms with Gasteiger partial charge in [0.2, 0.25) is 5.91 Å². The van der Waals surface area contributed by atoms with Gasteiger partial charge in [-0.3, -0.25) is 37.4 Å². The number of carboxylic acid groups (broad SMARTS) is 1. The highest BCUT2D eigenvalue weighted by molar-refractivity contribution is 7.86. The third kappa shape index (κ3) is 14.4. The third-order valence-electron chi connectivity index (χ3n) is 7.49. The Hall–Kier alpha value is -6.38. The molecule has 0 radical (unpaired) electrons. The quantitative estimate of drug-likeness (QED) is 0.0382. The molecule has 0 spiro atoms. The Bertz CT molecular complexity index is 3040. The molecule has 4 aromatic carbocycles. The zero-order valence-corrected chi connectivity index (χ0v) is 35.6. The maximum atomic E-state index is 11.8. The van der Waals surface area contributed by atoms with Crippen LogP contribution in [0.25, 0.3) is 24.3 Å². The first-order chi connectivity index (χ1) is 28.6. The van der Waals surface area contributed by atoms with Crippen molar-refractivity contribution in [2.75, 3.05) is 10.2 Å². The Morgan fingerprint density at radius 2 is 1.02 bits per heavy atom. The molecule has 0 atom stereocenters. The van der Waals surface area contributed by atoms with Gasteiger partial charge in [-0.25, -0.2) is 4.90 Å². The summed E-state index contributed by atoms with van der Waals surface area (Å²) < 4.78 is 131. The van der Waals surface area contributed by atoms with E-state index in [-0.39, 0.29) is 44.2 Å². The van der Waals surface area contributed by atoms with E-state index in [1.165, 1.54) is 91.9 Å². The zero-order chi connectivity index (χ0) is 46.8. The van der Waals surface area contributed by atoms with Crippen LogP contribution in [0, 0.1) is 0 Å². The molecule has 0 aromatic heterocycles. The first kappa shape index (κ1) is 50.0. The molecule has 6 N–H and O–H groups in total. The minimum Gasteiger partial charge on any atom is -0.481 e. The summed E-state index contributed by atoms with van der Waals surface area (Å²) in [6.07, 6.45) is 6.96. The van der Waals surface area contributed by atoms with Gasteiger partial charge < -0.3 is 10.4 Å². The topological polar surface area (TPSA) is 334 Å². The third-order valence-corrected chi connectivity index (χ3v) is 11.2. The summed E-state index contributed by atoms with van der Waals surface area (Å²) in [5.41, 5.74) is 0.314. The summed E-state index contributed by atoms with van der Waals surface area (Å²) >= 11 is 4.45. The zero-order valence-electron chi connectivity index (χ0n) is 31.5. The van der Waals surface area contributed by atoms with Crippen molar-refractivity contribution in [1.29, 1.82) is 0 Å². The Morgan fingerprint density at radius 1 is 0.613 bits per heavy atom. The minimum absolute atomic E-state index is 0.0175. The second kappa shape index (κ2) is 20.5. The fourth-order valence-electron chi connectivity index (χ4n) is 5.07. The molecule has 25 heteroatoms. The van der Waals surface area contributed by atoms with Crippen LogP contribution in [0.3, 0.4) is 0 Å². The van der Waals surface area contributed by atoms with Crippen LogP contribution in [0.5, 0.6) is 0 Å². The normalized spacial score (nSPS) is 12.9. The second-order valence-electron chi connectivity index (χ2n) is 12.1. The van der Waals surface area contributed by atoms with Gasteiger partial charge in [-0.1, -0.05) is 60.7 Å². The summed E-state index contributed by atoms with van der Waals surface area (Å²) in [5.74, 6) is -2.60. The predicted molar refractivity (Wildman–Crippen MR) is 227 cm³/mol.